The van der Waals surface area contributed by atoms with E-state index in [9.17, 15) is 5.11 Å². The van der Waals surface area contributed by atoms with Crippen molar-refractivity contribution in [2.45, 2.75) is 0 Å². The van der Waals surface area contributed by atoms with Crippen molar-refractivity contribution in [2.24, 2.45) is 0 Å². The summed E-state index contributed by atoms with van der Waals surface area (Å²) in [6.07, 6.45) is 0. The lowest BCUT2D eigenvalue weighted by molar-refractivity contribution is 0.355. The van der Waals surface area contributed by atoms with E-state index >= 15 is 0 Å². The van der Waals surface area contributed by atoms with Gasteiger partial charge in [0.05, 0.1) is 44.8 Å². The van der Waals surface area contributed by atoms with Gasteiger partial charge in [-0.05, 0) is 30.3 Å². The molecular formula is C22H21N3O4S. The van der Waals surface area contributed by atoms with Gasteiger partial charge in [-0.15, -0.1) is 11.3 Å². The summed E-state index contributed by atoms with van der Waals surface area (Å²) in [5.41, 5.74) is 2.75. The van der Waals surface area contributed by atoms with E-state index in [0.29, 0.717) is 27.8 Å². The highest BCUT2D eigenvalue weighted by Crippen LogP contribution is 2.38. The van der Waals surface area contributed by atoms with Crippen LogP contribution in [-0.4, -0.2) is 43.8 Å². The molecule has 0 aliphatic carbocycles. The second-order valence-corrected chi connectivity index (χ2v) is 7.39. The van der Waals surface area contributed by atoms with E-state index in [4.69, 9.17) is 19.6 Å². The monoisotopic (exact) mass is 423 g/mol. The van der Waals surface area contributed by atoms with Crippen LogP contribution in [0.5, 0.6) is 17.2 Å². The number of para-hydroxylation sites is 2. The van der Waals surface area contributed by atoms with Crippen LogP contribution in [0, 0.1) is 5.41 Å². The standard InChI is InChI=1S/C22H21N3O4S/c1-27-17-7-5-4-6-15(17)25-11-16(26)20(21(25)23)22-24-14(12-30-22)13-8-9-18(28-2)19(10-13)29-3/h4-10,12,23,26H,11H2,1-3H3. The molecule has 30 heavy (non-hydrogen) atoms. The minimum atomic E-state index is 0.110. The molecule has 7 nitrogen and oxygen atoms in total. The van der Waals surface area contributed by atoms with Gasteiger partial charge in [-0.2, -0.15) is 0 Å². The minimum absolute atomic E-state index is 0.110. The third-order valence-corrected chi connectivity index (χ3v) is 5.74. The van der Waals surface area contributed by atoms with Gasteiger partial charge in [0.15, 0.2) is 11.5 Å². The molecule has 3 aromatic rings. The second kappa shape index (κ2) is 8.08. The van der Waals surface area contributed by atoms with Crippen molar-refractivity contribution in [3.8, 4) is 28.5 Å². The molecule has 1 aromatic heterocycles. The summed E-state index contributed by atoms with van der Waals surface area (Å²) in [4.78, 5) is 6.38. The van der Waals surface area contributed by atoms with Crippen LogP contribution >= 0.6 is 11.3 Å². The van der Waals surface area contributed by atoms with E-state index < -0.39 is 0 Å². The van der Waals surface area contributed by atoms with Crippen LogP contribution in [0.2, 0.25) is 0 Å². The SMILES string of the molecule is COc1ccc(-c2csc(C3=C(O)CN(c4ccccc4OC)C3=N)n2)cc1OC. The molecule has 4 rings (SSSR count). The quantitative estimate of drug-likeness (QED) is 0.602. The molecule has 0 atom stereocenters. The molecule has 0 spiro atoms. The summed E-state index contributed by atoms with van der Waals surface area (Å²) in [5, 5.41) is 21.8. The maximum Gasteiger partial charge on any atom is 0.161 e. The van der Waals surface area contributed by atoms with Gasteiger partial charge in [-0.3, -0.25) is 5.41 Å². The first-order chi connectivity index (χ1) is 14.6. The van der Waals surface area contributed by atoms with Crippen molar-refractivity contribution < 1.29 is 19.3 Å². The van der Waals surface area contributed by atoms with Gasteiger partial charge in [-0.25, -0.2) is 4.98 Å². The minimum Gasteiger partial charge on any atom is -0.510 e. The first kappa shape index (κ1) is 19.8. The molecular weight excluding hydrogens is 402 g/mol. The molecule has 0 fully saturated rings. The normalized spacial score (nSPS) is 13.7. The Hall–Kier alpha value is -3.52. The van der Waals surface area contributed by atoms with Crippen LogP contribution in [0.25, 0.3) is 16.8 Å². The zero-order valence-electron chi connectivity index (χ0n) is 16.8. The Morgan fingerprint density at radius 2 is 1.73 bits per heavy atom. The fourth-order valence-corrected chi connectivity index (χ4v) is 4.27. The Kier molecular flexibility index (Phi) is 5.33. The number of ether oxygens (including phenoxy) is 3. The van der Waals surface area contributed by atoms with E-state index in [2.05, 4.69) is 4.98 Å². The number of aromatic nitrogens is 1. The van der Waals surface area contributed by atoms with Gasteiger partial charge in [0, 0.05) is 10.9 Å². The number of hydrogen-bond donors (Lipinski definition) is 2. The largest absolute Gasteiger partial charge is 0.510 e. The summed E-state index contributed by atoms with van der Waals surface area (Å²) < 4.78 is 16.1. The number of anilines is 1. The first-order valence-electron chi connectivity index (χ1n) is 9.17. The molecule has 1 aliphatic rings. The Balaban J connectivity index is 1.65. The second-order valence-electron chi connectivity index (χ2n) is 6.54. The van der Waals surface area contributed by atoms with E-state index in [1.165, 1.54) is 11.3 Å². The molecule has 0 saturated carbocycles. The summed E-state index contributed by atoms with van der Waals surface area (Å²) in [6.45, 7) is 0.194. The van der Waals surface area contributed by atoms with Crippen LogP contribution in [0.4, 0.5) is 5.69 Å². The molecule has 0 saturated heterocycles. The fourth-order valence-electron chi connectivity index (χ4n) is 3.38. The van der Waals surface area contributed by atoms with Crippen LogP contribution in [0.3, 0.4) is 0 Å². The molecule has 0 bridgehead atoms. The number of nitrogens with zero attached hydrogens (tertiary/aromatic N) is 2. The fraction of sp³-hybridized carbons (Fsp3) is 0.182. The number of nitrogens with one attached hydrogen (secondary N) is 1. The lowest BCUT2D eigenvalue weighted by Gasteiger charge is -2.21. The summed E-state index contributed by atoms with van der Waals surface area (Å²) in [5.74, 6) is 2.19. The lowest BCUT2D eigenvalue weighted by atomic mass is 10.1. The van der Waals surface area contributed by atoms with Crippen LogP contribution in [-0.2, 0) is 0 Å². The molecule has 2 heterocycles. The number of thiazole rings is 1. The van der Waals surface area contributed by atoms with E-state index in [1.807, 2.05) is 47.8 Å². The van der Waals surface area contributed by atoms with Crippen LogP contribution < -0.4 is 19.1 Å². The van der Waals surface area contributed by atoms with Crippen LogP contribution in [0.1, 0.15) is 5.01 Å². The molecule has 8 heteroatoms. The van der Waals surface area contributed by atoms with Crippen molar-refractivity contribution in [3.05, 3.63) is 58.6 Å². The van der Waals surface area contributed by atoms with E-state index in [0.717, 1.165) is 16.9 Å². The molecule has 0 amide bonds. The molecule has 154 valence electrons. The van der Waals surface area contributed by atoms with E-state index in [-0.39, 0.29) is 18.1 Å². The highest BCUT2D eigenvalue weighted by molar-refractivity contribution is 7.11. The zero-order valence-corrected chi connectivity index (χ0v) is 17.6. The highest BCUT2D eigenvalue weighted by Gasteiger charge is 2.32. The number of aliphatic hydroxyl groups is 1. The van der Waals surface area contributed by atoms with Gasteiger partial charge in [0.1, 0.15) is 22.4 Å². The maximum absolute atomic E-state index is 10.6. The summed E-state index contributed by atoms with van der Waals surface area (Å²) in [6, 6.07) is 13.0. The predicted molar refractivity (Wildman–Crippen MR) is 118 cm³/mol. The molecule has 1 aliphatic heterocycles. The topological polar surface area (TPSA) is 87.9 Å². The Morgan fingerprint density at radius 1 is 1.00 bits per heavy atom. The molecule has 2 N–H and O–H groups in total. The van der Waals surface area contributed by atoms with Gasteiger partial charge in [-0.1, -0.05) is 12.1 Å². The molecule has 0 unspecified atom stereocenters. The van der Waals surface area contributed by atoms with Gasteiger partial charge in [0.25, 0.3) is 0 Å². The number of methoxy groups -OCH3 is 3. The average Bonchev–Trinajstić information content (AvgIpc) is 3.37. The number of aliphatic hydroxyl groups excluding tert-OH is 1. The first-order valence-corrected chi connectivity index (χ1v) is 10.0. The third-order valence-electron chi connectivity index (χ3n) is 4.88. The van der Waals surface area contributed by atoms with Crippen LogP contribution in [0.15, 0.2) is 53.6 Å². The zero-order chi connectivity index (χ0) is 21.3. The van der Waals surface area contributed by atoms with Crippen molar-refractivity contribution >= 4 is 28.4 Å². The van der Waals surface area contributed by atoms with E-state index in [1.54, 1.807) is 26.2 Å². The predicted octanol–water partition coefficient (Wildman–Crippen LogP) is 4.60. The summed E-state index contributed by atoms with van der Waals surface area (Å²) in [7, 11) is 4.76. The molecule has 0 radical (unpaired) electrons. The molecule has 2 aromatic carbocycles. The Bertz CT molecular complexity index is 1140. The number of amidine groups is 1. The van der Waals surface area contributed by atoms with Crippen molar-refractivity contribution in [1.29, 1.82) is 5.41 Å². The number of benzene rings is 2. The Labute approximate surface area is 178 Å². The third kappa shape index (κ3) is 3.35. The maximum atomic E-state index is 10.6. The smallest absolute Gasteiger partial charge is 0.161 e. The number of hydrogen-bond acceptors (Lipinski definition) is 7. The van der Waals surface area contributed by atoms with Crippen molar-refractivity contribution in [2.75, 3.05) is 32.8 Å². The van der Waals surface area contributed by atoms with Crippen molar-refractivity contribution in [3.63, 3.8) is 0 Å². The number of rotatable bonds is 6. The van der Waals surface area contributed by atoms with Gasteiger partial charge in [0.2, 0.25) is 0 Å². The Morgan fingerprint density at radius 3 is 2.47 bits per heavy atom. The highest BCUT2D eigenvalue weighted by atomic mass is 32.1. The van der Waals surface area contributed by atoms with Gasteiger partial charge >= 0.3 is 0 Å². The average molecular weight is 423 g/mol. The summed E-state index contributed by atoms with van der Waals surface area (Å²) >= 11 is 1.38. The van der Waals surface area contributed by atoms with Gasteiger partial charge < -0.3 is 24.2 Å². The van der Waals surface area contributed by atoms with Crippen molar-refractivity contribution in [1.82, 2.24) is 4.98 Å². The lowest BCUT2D eigenvalue weighted by Crippen LogP contribution is -2.26.